The monoisotopic (exact) mass is 389 g/mol. The molecule has 2 unspecified atom stereocenters. The summed E-state index contributed by atoms with van der Waals surface area (Å²) in [7, 11) is 1.65. The van der Waals surface area contributed by atoms with Crippen LogP contribution in [0.3, 0.4) is 0 Å². The predicted octanol–water partition coefficient (Wildman–Crippen LogP) is 4.06. The van der Waals surface area contributed by atoms with Gasteiger partial charge in [0.15, 0.2) is 0 Å². The van der Waals surface area contributed by atoms with Crippen LogP contribution in [-0.4, -0.2) is 37.1 Å². The van der Waals surface area contributed by atoms with Crippen LogP contribution in [0.15, 0.2) is 53.0 Å². The van der Waals surface area contributed by atoms with Crippen molar-refractivity contribution in [3.8, 4) is 5.75 Å². The average molecular weight is 390 g/mol. The van der Waals surface area contributed by atoms with Gasteiger partial charge in [-0.25, -0.2) is 0 Å². The number of hydrogen-bond donors (Lipinski definition) is 0. The van der Waals surface area contributed by atoms with Gasteiger partial charge in [0.2, 0.25) is 0 Å². The molecule has 1 heterocycles. The lowest BCUT2D eigenvalue weighted by Crippen LogP contribution is -2.48. The Labute approximate surface area is 150 Å². The van der Waals surface area contributed by atoms with E-state index in [9.17, 15) is 4.79 Å². The molecule has 24 heavy (non-hydrogen) atoms. The molecule has 4 nitrogen and oxygen atoms in total. The molecule has 126 valence electrons. The van der Waals surface area contributed by atoms with E-state index in [1.807, 2.05) is 60.4 Å². The highest BCUT2D eigenvalue weighted by atomic mass is 79.9. The molecule has 2 aromatic carbocycles. The molecule has 1 amide bonds. The first-order chi connectivity index (χ1) is 11.6. The van der Waals surface area contributed by atoms with Crippen molar-refractivity contribution in [2.24, 2.45) is 0 Å². The molecule has 1 fully saturated rings. The van der Waals surface area contributed by atoms with Gasteiger partial charge in [0.25, 0.3) is 5.91 Å². The Bertz CT molecular complexity index is 717. The molecule has 0 saturated carbocycles. The summed E-state index contributed by atoms with van der Waals surface area (Å²) in [5.74, 6) is 0.843. The molecule has 0 aliphatic carbocycles. The third kappa shape index (κ3) is 3.62. The number of carbonyl (C=O) groups is 1. The Morgan fingerprint density at radius 3 is 2.67 bits per heavy atom. The lowest BCUT2D eigenvalue weighted by Gasteiger charge is -2.38. The molecule has 0 radical (unpaired) electrons. The Kier molecular flexibility index (Phi) is 5.21. The third-order valence-corrected chi connectivity index (χ3v) is 4.75. The summed E-state index contributed by atoms with van der Waals surface area (Å²) in [4.78, 5) is 14.8. The smallest absolute Gasteiger partial charge is 0.254 e. The molecule has 1 aliphatic heterocycles. The molecule has 0 N–H and O–H groups in total. The molecule has 1 saturated heterocycles. The summed E-state index contributed by atoms with van der Waals surface area (Å²) in [5.41, 5.74) is 1.74. The molecular weight excluding hydrogens is 370 g/mol. The summed E-state index contributed by atoms with van der Waals surface area (Å²) in [5, 5.41) is 0. The lowest BCUT2D eigenvalue weighted by molar-refractivity contribution is -0.0486. The number of carbonyl (C=O) groups excluding carboxylic acids is 1. The molecule has 0 bridgehead atoms. The van der Waals surface area contributed by atoms with E-state index in [0.717, 1.165) is 15.8 Å². The maximum absolute atomic E-state index is 12.9. The largest absolute Gasteiger partial charge is 0.497 e. The van der Waals surface area contributed by atoms with E-state index in [2.05, 4.69) is 15.9 Å². The fraction of sp³-hybridized carbons (Fsp3) is 0.316. The molecule has 1 aliphatic rings. The topological polar surface area (TPSA) is 38.8 Å². The molecule has 2 aromatic rings. The van der Waals surface area contributed by atoms with Gasteiger partial charge >= 0.3 is 0 Å². The van der Waals surface area contributed by atoms with Gasteiger partial charge in [0.05, 0.1) is 26.3 Å². The maximum Gasteiger partial charge on any atom is 0.254 e. The highest BCUT2D eigenvalue weighted by Gasteiger charge is 2.31. The normalized spacial score (nSPS) is 20.7. The Morgan fingerprint density at radius 2 is 2.00 bits per heavy atom. The van der Waals surface area contributed by atoms with Crippen LogP contribution < -0.4 is 4.74 Å². The fourth-order valence-corrected chi connectivity index (χ4v) is 3.25. The minimum atomic E-state index is -0.122. The van der Waals surface area contributed by atoms with E-state index in [4.69, 9.17) is 9.47 Å². The highest BCUT2D eigenvalue weighted by Crippen LogP contribution is 2.27. The predicted molar refractivity (Wildman–Crippen MR) is 96.3 cm³/mol. The molecular formula is C19H20BrNO3. The summed E-state index contributed by atoms with van der Waals surface area (Å²) < 4.78 is 12.0. The van der Waals surface area contributed by atoms with Crippen molar-refractivity contribution >= 4 is 21.8 Å². The molecule has 3 rings (SSSR count). The van der Waals surface area contributed by atoms with Crippen LogP contribution in [0.25, 0.3) is 0 Å². The third-order valence-electron chi connectivity index (χ3n) is 4.25. The minimum Gasteiger partial charge on any atom is -0.497 e. The van der Waals surface area contributed by atoms with Crippen LogP contribution in [0.5, 0.6) is 5.75 Å². The van der Waals surface area contributed by atoms with Crippen molar-refractivity contribution in [2.45, 2.75) is 19.1 Å². The van der Waals surface area contributed by atoms with E-state index in [-0.39, 0.29) is 18.1 Å². The van der Waals surface area contributed by atoms with Gasteiger partial charge < -0.3 is 14.4 Å². The van der Waals surface area contributed by atoms with Gasteiger partial charge in [0.1, 0.15) is 11.9 Å². The second kappa shape index (κ2) is 7.36. The zero-order chi connectivity index (χ0) is 17.1. The Balaban J connectivity index is 1.78. The minimum absolute atomic E-state index is 0.0330. The van der Waals surface area contributed by atoms with Crippen molar-refractivity contribution in [2.75, 3.05) is 20.3 Å². The molecule has 0 spiro atoms. The first-order valence-corrected chi connectivity index (χ1v) is 8.70. The van der Waals surface area contributed by atoms with Crippen LogP contribution in [0, 0.1) is 0 Å². The average Bonchev–Trinajstić information content (AvgIpc) is 2.62. The van der Waals surface area contributed by atoms with Crippen molar-refractivity contribution in [3.05, 3.63) is 64.1 Å². The second-order valence-corrected chi connectivity index (χ2v) is 6.83. The second-order valence-electron chi connectivity index (χ2n) is 5.91. The van der Waals surface area contributed by atoms with Gasteiger partial charge in [-0.3, -0.25) is 4.79 Å². The van der Waals surface area contributed by atoms with Crippen LogP contribution >= 0.6 is 15.9 Å². The summed E-state index contributed by atoms with van der Waals surface area (Å²) in [6, 6.07) is 15.3. The lowest BCUT2D eigenvalue weighted by atomic mass is 10.0. The standard InChI is InChI=1S/C19H20BrNO3/c1-13-12-24-18(14-6-8-17(23-2)9-7-14)11-21(13)19(22)15-4-3-5-16(20)10-15/h3-10,13,18H,11-12H2,1-2H3. The fourth-order valence-electron chi connectivity index (χ4n) is 2.85. The molecule has 5 heteroatoms. The SMILES string of the molecule is COc1ccc(C2CN(C(=O)c3cccc(Br)c3)C(C)CO2)cc1. The van der Waals surface area contributed by atoms with Crippen LogP contribution in [0.1, 0.15) is 28.9 Å². The number of amides is 1. The maximum atomic E-state index is 12.9. The van der Waals surface area contributed by atoms with Crippen LogP contribution in [0.4, 0.5) is 0 Å². The Morgan fingerprint density at radius 1 is 1.25 bits per heavy atom. The number of hydrogen-bond acceptors (Lipinski definition) is 3. The zero-order valence-corrected chi connectivity index (χ0v) is 15.3. The van der Waals surface area contributed by atoms with Gasteiger partial charge in [-0.1, -0.05) is 34.1 Å². The first kappa shape index (κ1) is 17.0. The number of morpholine rings is 1. The number of benzene rings is 2. The zero-order valence-electron chi connectivity index (χ0n) is 13.7. The van der Waals surface area contributed by atoms with Gasteiger partial charge in [-0.15, -0.1) is 0 Å². The van der Waals surface area contributed by atoms with Gasteiger partial charge in [0, 0.05) is 10.0 Å². The van der Waals surface area contributed by atoms with E-state index in [1.165, 1.54) is 0 Å². The van der Waals surface area contributed by atoms with E-state index < -0.39 is 0 Å². The number of ether oxygens (including phenoxy) is 2. The van der Waals surface area contributed by atoms with Crippen molar-refractivity contribution < 1.29 is 14.3 Å². The highest BCUT2D eigenvalue weighted by molar-refractivity contribution is 9.10. The number of halogens is 1. The van der Waals surface area contributed by atoms with Crippen molar-refractivity contribution in [1.82, 2.24) is 4.90 Å². The quantitative estimate of drug-likeness (QED) is 0.794. The van der Waals surface area contributed by atoms with E-state index in [1.54, 1.807) is 7.11 Å². The van der Waals surface area contributed by atoms with Gasteiger partial charge in [-0.05, 0) is 42.8 Å². The Hall–Kier alpha value is -1.85. The number of rotatable bonds is 3. The van der Waals surface area contributed by atoms with Crippen LogP contribution in [0.2, 0.25) is 0 Å². The number of methoxy groups -OCH3 is 1. The summed E-state index contributed by atoms with van der Waals surface area (Å²) in [6.07, 6.45) is -0.122. The van der Waals surface area contributed by atoms with Crippen molar-refractivity contribution in [1.29, 1.82) is 0 Å². The van der Waals surface area contributed by atoms with E-state index >= 15 is 0 Å². The van der Waals surface area contributed by atoms with Gasteiger partial charge in [-0.2, -0.15) is 0 Å². The first-order valence-electron chi connectivity index (χ1n) is 7.90. The molecule has 2 atom stereocenters. The van der Waals surface area contributed by atoms with E-state index in [0.29, 0.717) is 18.7 Å². The summed E-state index contributed by atoms with van der Waals surface area (Å²) >= 11 is 3.42. The molecule has 0 aromatic heterocycles. The van der Waals surface area contributed by atoms with Crippen molar-refractivity contribution in [3.63, 3.8) is 0 Å². The summed E-state index contributed by atoms with van der Waals surface area (Å²) in [6.45, 7) is 3.08. The van der Waals surface area contributed by atoms with Crippen LogP contribution in [-0.2, 0) is 4.74 Å². The number of nitrogens with zero attached hydrogens (tertiary/aromatic N) is 1.